The summed E-state index contributed by atoms with van der Waals surface area (Å²) in [6.45, 7) is 1.84. The lowest BCUT2D eigenvalue weighted by Gasteiger charge is -2.25. The first-order valence-corrected chi connectivity index (χ1v) is 9.12. The average Bonchev–Trinajstić information content (AvgIpc) is 3.30. The van der Waals surface area contributed by atoms with Crippen molar-refractivity contribution in [1.82, 2.24) is 20.2 Å². The molecule has 0 unspecified atom stereocenters. The fraction of sp³-hybridized carbons (Fsp3) is 0.368. The van der Waals surface area contributed by atoms with Crippen LogP contribution in [0.5, 0.6) is 0 Å². The molecule has 0 saturated heterocycles. The van der Waals surface area contributed by atoms with Gasteiger partial charge in [0.15, 0.2) is 5.69 Å². The molecule has 1 aromatic carbocycles. The zero-order chi connectivity index (χ0) is 18.8. The van der Waals surface area contributed by atoms with Crippen molar-refractivity contribution in [3.05, 3.63) is 47.9 Å². The molecular weight excluding hydrogens is 344 g/mol. The Labute approximate surface area is 156 Å². The first kappa shape index (κ1) is 17.4. The van der Waals surface area contributed by atoms with Crippen molar-refractivity contribution in [2.45, 2.75) is 44.7 Å². The van der Waals surface area contributed by atoms with Crippen molar-refractivity contribution in [3.8, 4) is 11.1 Å². The number of aryl methyl sites for hydroxylation is 1. The zero-order valence-corrected chi connectivity index (χ0v) is 15.1. The molecule has 0 radical (unpaired) electrons. The number of hydrogen-bond donors (Lipinski definition) is 2. The number of nitrogens with zero attached hydrogens (tertiary/aromatic N) is 4. The molecule has 140 valence electrons. The van der Waals surface area contributed by atoms with Gasteiger partial charge >= 0.3 is 0 Å². The minimum atomic E-state index is -0.373. The second kappa shape index (κ2) is 7.32. The molecule has 27 heavy (non-hydrogen) atoms. The van der Waals surface area contributed by atoms with Crippen molar-refractivity contribution < 1.29 is 9.32 Å². The maximum Gasteiger partial charge on any atom is 0.280 e. The highest BCUT2D eigenvalue weighted by Crippen LogP contribution is 2.31. The minimum absolute atomic E-state index is 0.242. The summed E-state index contributed by atoms with van der Waals surface area (Å²) in [5.41, 5.74) is 8.59. The molecule has 3 aromatic rings. The van der Waals surface area contributed by atoms with Crippen LogP contribution >= 0.6 is 0 Å². The first-order chi connectivity index (χ1) is 13.1. The molecule has 1 saturated carbocycles. The fourth-order valence-corrected chi connectivity index (χ4v) is 3.49. The van der Waals surface area contributed by atoms with Crippen molar-refractivity contribution >= 4 is 11.8 Å². The van der Waals surface area contributed by atoms with Gasteiger partial charge in [-0.3, -0.25) is 10.1 Å². The quantitative estimate of drug-likeness (QED) is 0.734. The van der Waals surface area contributed by atoms with Gasteiger partial charge in [-0.2, -0.15) is 0 Å². The van der Waals surface area contributed by atoms with Crippen LogP contribution < -0.4 is 11.1 Å². The molecule has 8 heteroatoms. The van der Waals surface area contributed by atoms with Gasteiger partial charge in [0.1, 0.15) is 0 Å². The van der Waals surface area contributed by atoms with Crippen LogP contribution in [0.25, 0.3) is 11.1 Å². The second-order valence-electron chi connectivity index (χ2n) is 6.94. The molecule has 2 heterocycles. The molecule has 1 aliphatic rings. The SMILES string of the molecule is Cc1noc(NC(=O)c2cn(C3CCC(N)CC3)nn2)c1-c1ccccc1. The van der Waals surface area contributed by atoms with Crippen LogP contribution in [0.15, 0.2) is 41.1 Å². The molecule has 2 aromatic heterocycles. The van der Waals surface area contributed by atoms with E-state index in [0.29, 0.717) is 11.6 Å². The molecule has 0 atom stereocenters. The predicted octanol–water partition coefficient (Wildman–Crippen LogP) is 2.94. The highest BCUT2D eigenvalue weighted by Gasteiger charge is 2.23. The molecule has 1 amide bonds. The Bertz CT molecular complexity index is 925. The van der Waals surface area contributed by atoms with E-state index in [9.17, 15) is 4.79 Å². The summed E-state index contributed by atoms with van der Waals surface area (Å²) in [6.07, 6.45) is 5.51. The van der Waals surface area contributed by atoms with Gasteiger partial charge in [-0.25, -0.2) is 4.68 Å². The minimum Gasteiger partial charge on any atom is -0.337 e. The van der Waals surface area contributed by atoms with Crippen molar-refractivity contribution in [2.75, 3.05) is 5.32 Å². The topological polar surface area (TPSA) is 112 Å². The fourth-order valence-electron chi connectivity index (χ4n) is 3.49. The van der Waals surface area contributed by atoms with Crippen LogP contribution in [-0.4, -0.2) is 32.1 Å². The lowest BCUT2D eigenvalue weighted by atomic mass is 9.92. The third-order valence-corrected chi connectivity index (χ3v) is 5.01. The van der Waals surface area contributed by atoms with Gasteiger partial charge < -0.3 is 10.3 Å². The zero-order valence-electron chi connectivity index (χ0n) is 15.1. The van der Waals surface area contributed by atoms with E-state index >= 15 is 0 Å². The monoisotopic (exact) mass is 366 g/mol. The van der Waals surface area contributed by atoms with Gasteiger partial charge in [0.2, 0.25) is 5.88 Å². The highest BCUT2D eigenvalue weighted by atomic mass is 16.5. The summed E-state index contributed by atoms with van der Waals surface area (Å²) in [7, 11) is 0. The van der Waals surface area contributed by atoms with Gasteiger partial charge in [-0.1, -0.05) is 40.7 Å². The molecule has 3 N–H and O–H groups in total. The standard InChI is InChI=1S/C19H22N6O2/c1-12-17(13-5-3-2-4-6-13)19(27-23-12)21-18(26)16-11-25(24-22-16)15-9-7-14(20)8-10-15/h2-6,11,14-15H,7-10,20H2,1H3,(H,21,26). The number of anilines is 1. The van der Waals surface area contributed by atoms with Crippen LogP contribution in [0, 0.1) is 6.92 Å². The molecule has 1 fully saturated rings. The molecule has 0 spiro atoms. The lowest BCUT2D eigenvalue weighted by Crippen LogP contribution is -2.28. The average molecular weight is 366 g/mol. The molecule has 0 bridgehead atoms. The Hall–Kier alpha value is -3.00. The highest BCUT2D eigenvalue weighted by molar-refractivity contribution is 6.03. The summed E-state index contributed by atoms with van der Waals surface area (Å²) < 4.78 is 7.09. The third kappa shape index (κ3) is 3.61. The van der Waals surface area contributed by atoms with Crippen LogP contribution in [-0.2, 0) is 0 Å². The Balaban J connectivity index is 1.51. The molecule has 8 nitrogen and oxygen atoms in total. The number of aromatic nitrogens is 4. The van der Waals surface area contributed by atoms with E-state index in [4.69, 9.17) is 10.3 Å². The summed E-state index contributed by atoms with van der Waals surface area (Å²) in [4.78, 5) is 12.6. The van der Waals surface area contributed by atoms with Crippen molar-refractivity contribution in [2.24, 2.45) is 5.73 Å². The van der Waals surface area contributed by atoms with E-state index in [1.165, 1.54) is 0 Å². The Morgan fingerprint density at radius 2 is 1.96 bits per heavy atom. The third-order valence-electron chi connectivity index (χ3n) is 5.01. The number of nitrogens with one attached hydrogen (secondary N) is 1. The van der Waals surface area contributed by atoms with E-state index in [-0.39, 0.29) is 23.7 Å². The first-order valence-electron chi connectivity index (χ1n) is 9.12. The largest absolute Gasteiger partial charge is 0.337 e. The van der Waals surface area contributed by atoms with Crippen LogP contribution in [0.1, 0.15) is 47.9 Å². The Morgan fingerprint density at radius 1 is 1.22 bits per heavy atom. The smallest absolute Gasteiger partial charge is 0.280 e. The summed E-state index contributed by atoms with van der Waals surface area (Å²) in [6, 6.07) is 10.2. The number of rotatable bonds is 4. The number of hydrogen-bond acceptors (Lipinski definition) is 6. The maximum atomic E-state index is 12.6. The number of amides is 1. The van der Waals surface area contributed by atoms with E-state index in [2.05, 4.69) is 20.8 Å². The Kier molecular flexibility index (Phi) is 4.72. The van der Waals surface area contributed by atoms with Gasteiger partial charge in [-0.05, 0) is 38.2 Å². The molecule has 4 rings (SSSR count). The predicted molar refractivity (Wildman–Crippen MR) is 100 cm³/mol. The van der Waals surface area contributed by atoms with E-state index < -0.39 is 0 Å². The number of benzene rings is 1. The van der Waals surface area contributed by atoms with E-state index in [1.807, 2.05) is 37.3 Å². The van der Waals surface area contributed by atoms with Crippen LogP contribution in [0.2, 0.25) is 0 Å². The van der Waals surface area contributed by atoms with Crippen molar-refractivity contribution in [3.63, 3.8) is 0 Å². The lowest BCUT2D eigenvalue weighted by molar-refractivity contribution is 0.101. The summed E-state index contributed by atoms with van der Waals surface area (Å²) in [5, 5.41) is 14.9. The van der Waals surface area contributed by atoms with Gasteiger partial charge in [-0.15, -0.1) is 5.10 Å². The molecular formula is C19H22N6O2. The van der Waals surface area contributed by atoms with E-state index in [0.717, 1.165) is 36.8 Å². The van der Waals surface area contributed by atoms with Gasteiger partial charge in [0.25, 0.3) is 5.91 Å². The Morgan fingerprint density at radius 3 is 2.70 bits per heavy atom. The number of carbonyl (C=O) groups is 1. The number of nitrogens with two attached hydrogens (primary N) is 1. The van der Waals surface area contributed by atoms with Gasteiger partial charge in [0.05, 0.1) is 23.5 Å². The van der Waals surface area contributed by atoms with Crippen LogP contribution in [0.3, 0.4) is 0 Å². The van der Waals surface area contributed by atoms with Gasteiger partial charge in [0, 0.05) is 6.04 Å². The van der Waals surface area contributed by atoms with Crippen molar-refractivity contribution in [1.29, 1.82) is 0 Å². The maximum absolute atomic E-state index is 12.6. The molecule has 1 aliphatic carbocycles. The van der Waals surface area contributed by atoms with Crippen LogP contribution in [0.4, 0.5) is 5.88 Å². The second-order valence-corrected chi connectivity index (χ2v) is 6.94. The normalized spacial score (nSPS) is 19.8. The summed E-state index contributed by atoms with van der Waals surface area (Å²) >= 11 is 0. The molecule has 0 aliphatic heterocycles. The van der Waals surface area contributed by atoms with E-state index in [1.54, 1.807) is 10.9 Å². The number of carbonyl (C=O) groups excluding carboxylic acids is 1. The summed E-state index contributed by atoms with van der Waals surface area (Å²) in [5.74, 6) is -0.0658.